The number of benzene rings is 2. The van der Waals surface area contributed by atoms with Crippen molar-refractivity contribution in [3.8, 4) is 11.3 Å². The van der Waals surface area contributed by atoms with E-state index in [1.165, 1.54) is 0 Å². The first-order chi connectivity index (χ1) is 11.8. The fourth-order valence-electron chi connectivity index (χ4n) is 3.68. The van der Waals surface area contributed by atoms with Crippen molar-refractivity contribution in [3.63, 3.8) is 0 Å². The van der Waals surface area contributed by atoms with E-state index in [1.54, 1.807) is 0 Å². The average molecular weight is 319 g/mol. The maximum absolute atomic E-state index is 12.8. The number of carbonyl (C=O) groups is 1. The van der Waals surface area contributed by atoms with Crippen LogP contribution < -0.4 is 0 Å². The quantitative estimate of drug-likeness (QED) is 0.570. The van der Waals surface area contributed by atoms with E-state index in [4.69, 9.17) is 9.84 Å². The van der Waals surface area contributed by atoms with E-state index in [1.807, 2.05) is 41.1 Å². The molecule has 0 bridgehead atoms. The molecule has 5 nitrogen and oxygen atoms in total. The lowest BCUT2D eigenvalue weighted by Crippen LogP contribution is -2.37. The van der Waals surface area contributed by atoms with E-state index in [0.29, 0.717) is 0 Å². The summed E-state index contributed by atoms with van der Waals surface area (Å²) in [6.45, 7) is 4.06. The fraction of sp³-hybridized carbons (Fsp3) is 0.263. The van der Waals surface area contributed by atoms with Gasteiger partial charge in [-0.25, -0.2) is 4.68 Å². The summed E-state index contributed by atoms with van der Waals surface area (Å²) in [6, 6.07) is 13.7. The number of nitrogens with zero attached hydrogens (tertiary/aromatic N) is 3. The summed E-state index contributed by atoms with van der Waals surface area (Å²) in [4.78, 5) is 15.2. The van der Waals surface area contributed by atoms with Gasteiger partial charge >= 0.3 is 0 Å². The molecule has 1 saturated heterocycles. The molecule has 0 N–H and O–H groups in total. The Hall–Kier alpha value is -2.50. The minimum absolute atomic E-state index is 0.0922. The zero-order valence-corrected chi connectivity index (χ0v) is 13.2. The number of rotatable bonds is 2. The van der Waals surface area contributed by atoms with Crippen molar-refractivity contribution in [2.75, 3.05) is 26.3 Å². The Kier molecular flexibility index (Phi) is 3.04. The van der Waals surface area contributed by atoms with Crippen LogP contribution in [0.25, 0.3) is 22.2 Å². The van der Waals surface area contributed by atoms with Gasteiger partial charge < -0.3 is 4.74 Å². The molecule has 1 aromatic heterocycles. The van der Waals surface area contributed by atoms with Crippen LogP contribution in [-0.4, -0.2) is 46.8 Å². The number of fused-ring (bicyclic) bond motifs is 2. The lowest BCUT2D eigenvalue weighted by Gasteiger charge is -2.26. The van der Waals surface area contributed by atoms with E-state index in [0.717, 1.165) is 66.3 Å². The second-order valence-corrected chi connectivity index (χ2v) is 6.29. The van der Waals surface area contributed by atoms with Crippen LogP contribution in [-0.2, 0) is 11.4 Å². The standard InChI is InChI=1S/C19H17N3O2/c23-19-14-5-2-1-4-13(14)18-17-15(19)6-3-7-16(17)22(20-18)12-21-8-10-24-11-9-21/h1-7H,8-12H2. The first-order valence-corrected chi connectivity index (χ1v) is 8.26. The van der Waals surface area contributed by atoms with E-state index in [-0.39, 0.29) is 5.78 Å². The van der Waals surface area contributed by atoms with Crippen LogP contribution >= 0.6 is 0 Å². The van der Waals surface area contributed by atoms with Crippen LogP contribution in [0.5, 0.6) is 0 Å². The van der Waals surface area contributed by atoms with Gasteiger partial charge in [0.2, 0.25) is 0 Å². The van der Waals surface area contributed by atoms with Crippen LogP contribution in [0.4, 0.5) is 0 Å². The Bertz CT molecular complexity index is 954. The van der Waals surface area contributed by atoms with Gasteiger partial charge in [-0.15, -0.1) is 0 Å². The number of aromatic nitrogens is 2. The second kappa shape index (κ2) is 5.26. The number of morpholine rings is 1. The fourth-order valence-corrected chi connectivity index (χ4v) is 3.68. The lowest BCUT2D eigenvalue weighted by atomic mass is 9.87. The van der Waals surface area contributed by atoms with Crippen molar-refractivity contribution in [3.05, 3.63) is 53.6 Å². The number of hydrogen-bond acceptors (Lipinski definition) is 4. The summed E-state index contributed by atoms with van der Waals surface area (Å²) in [5, 5.41) is 5.85. The van der Waals surface area contributed by atoms with Crippen LogP contribution in [0.3, 0.4) is 0 Å². The van der Waals surface area contributed by atoms with Gasteiger partial charge in [-0.3, -0.25) is 9.69 Å². The maximum Gasteiger partial charge on any atom is 0.194 e. The number of carbonyl (C=O) groups excluding carboxylic acids is 1. The molecule has 5 heteroatoms. The Morgan fingerprint density at radius 1 is 0.958 bits per heavy atom. The summed E-state index contributed by atoms with van der Waals surface area (Å²) >= 11 is 0. The predicted octanol–water partition coefficient (Wildman–Crippen LogP) is 2.54. The molecule has 0 spiro atoms. The Morgan fingerprint density at radius 2 is 1.71 bits per heavy atom. The minimum Gasteiger partial charge on any atom is -0.379 e. The number of ketones is 1. The van der Waals surface area contributed by atoms with Gasteiger partial charge in [0.05, 0.1) is 25.4 Å². The molecule has 3 aromatic rings. The predicted molar refractivity (Wildman–Crippen MR) is 91.0 cm³/mol. The molecule has 2 aliphatic rings. The third-order valence-electron chi connectivity index (χ3n) is 4.89. The highest BCUT2D eigenvalue weighted by atomic mass is 16.5. The molecule has 2 heterocycles. The molecule has 0 saturated carbocycles. The summed E-state index contributed by atoms with van der Waals surface area (Å²) in [7, 11) is 0. The SMILES string of the molecule is O=C1c2ccccc2-c2nn(CN3CCOCC3)c3cccc1c23. The third-order valence-corrected chi connectivity index (χ3v) is 4.89. The molecule has 5 rings (SSSR count). The summed E-state index contributed by atoms with van der Waals surface area (Å²) in [5.41, 5.74) is 4.39. The average Bonchev–Trinajstić information content (AvgIpc) is 3.00. The second-order valence-electron chi connectivity index (χ2n) is 6.29. The van der Waals surface area contributed by atoms with Crippen LogP contribution in [0.15, 0.2) is 42.5 Å². The van der Waals surface area contributed by atoms with E-state index in [9.17, 15) is 4.79 Å². The summed E-state index contributed by atoms with van der Waals surface area (Å²) < 4.78 is 7.45. The van der Waals surface area contributed by atoms with Crippen LogP contribution in [0.2, 0.25) is 0 Å². The minimum atomic E-state index is 0.0922. The first-order valence-electron chi connectivity index (χ1n) is 8.26. The van der Waals surface area contributed by atoms with Gasteiger partial charge in [-0.2, -0.15) is 5.10 Å². The largest absolute Gasteiger partial charge is 0.379 e. The zero-order chi connectivity index (χ0) is 16.1. The van der Waals surface area contributed by atoms with Crippen molar-refractivity contribution in [2.45, 2.75) is 6.67 Å². The monoisotopic (exact) mass is 319 g/mol. The highest BCUT2D eigenvalue weighted by Gasteiger charge is 2.28. The molecule has 0 amide bonds. The maximum atomic E-state index is 12.8. The summed E-state index contributed by atoms with van der Waals surface area (Å²) in [5.74, 6) is 0.0922. The van der Waals surface area contributed by atoms with Crippen molar-refractivity contribution in [2.24, 2.45) is 0 Å². The highest BCUT2D eigenvalue weighted by molar-refractivity contribution is 6.24. The Morgan fingerprint density at radius 3 is 2.54 bits per heavy atom. The van der Waals surface area contributed by atoms with Gasteiger partial charge in [0.1, 0.15) is 5.69 Å². The highest BCUT2D eigenvalue weighted by Crippen LogP contribution is 2.38. The first kappa shape index (κ1) is 13.9. The molecule has 0 atom stereocenters. The molecular formula is C19H17N3O2. The third kappa shape index (κ3) is 1.95. The topological polar surface area (TPSA) is 47.4 Å². The lowest BCUT2D eigenvalue weighted by molar-refractivity contribution is 0.0221. The molecule has 0 radical (unpaired) electrons. The molecule has 2 aromatic carbocycles. The van der Waals surface area contributed by atoms with Crippen molar-refractivity contribution >= 4 is 16.7 Å². The van der Waals surface area contributed by atoms with Crippen LogP contribution in [0.1, 0.15) is 15.9 Å². The van der Waals surface area contributed by atoms with E-state index >= 15 is 0 Å². The molecule has 1 fully saturated rings. The van der Waals surface area contributed by atoms with Gasteiger partial charge in [0.25, 0.3) is 0 Å². The number of ether oxygens (including phenoxy) is 1. The van der Waals surface area contributed by atoms with Gasteiger partial charge in [-0.05, 0) is 6.07 Å². The smallest absolute Gasteiger partial charge is 0.194 e. The van der Waals surface area contributed by atoms with Gasteiger partial charge in [-0.1, -0.05) is 36.4 Å². The van der Waals surface area contributed by atoms with Gasteiger partial charge in [0, 0.05) is 35.2 Å². The van der Waals surface area contributed by atoms with Crippen molar-refractivity contribution < 1.29 is 9.53 Å². The Labute approximate surface area is 139 Å². The Balaban J connectivity index is 1.70. The van der Waals surface area contributed by atoms with Crippen LogP contribution in [0, 0.1) is 0 Å². The molecule has 24 heavy (non-hydrogen) atoms. The van der Waals surface area contributed by atoms with Crippen molar-refractivity contribution in [1.29, 1.82) is 0 Å². The zero-order valence-electron chi connectivity index (χ0n) is 13.2. The van der Waals surface area contributed by atoms with E-state index < -0.39 is 0 Å². The van der Waals surface area contributed by atoms with Gasteiger partial charge in [0.15, 0.2) is 5.78 Å². The molecule has 0 unspecified atom stereocenters. The molecule has 120 valence electrons. The molecule has 1 aliphatic carbocycles. The molecular weight excluding hydrogens is 302 g/mol. The molecule has 1 aliphatic heterocycles. The normalized spacial score (nSPS) is 17.2. The van der Waals surface area contributed by atoms with Crippen molar-refractivity contribution in [1.82, 2.24) is 14.7 Å². The number of hydrogen-bond donors (Lipinski definition) is 0. The summed E-state index contributed by atoms with van der Waals surface area (Å²) in [6.07, 6.45) is 0. The van der Waals surface area contributed by atoms with E-state index in [2.05, 4.69) is 11.0 Å².